The van der Waals surface area contributed by atoms with Gasteiger partial charge in [-0.25, -0.2) is 0 Å². The average Bonchev–Trinajstić information content (AvgIpc) is 1.84. The molecule has 0 aromatic rings. The molecule has 0 fully saturated rings. The molecule has 1 heterocycles. The van der Waals surface area contributed by atoms with Crippen molar-refractivity contribution in [3.63, 3.8) is 0 Å². The van der Waals surface area contributed by atoms with Crippen LogP contribution in [-0.2, 0) is 10.0 Å². The monoisotopic (exact) mass is 116 g/mol. The summed E-state index contributed by atoms with van der Waals surface area (Å²) in [6.45, 7) is 0. The molecular formula is C3H2NO2S. The maximum atomic E-state index is 10.1. The van der Waals surface area contributed by atoms with Gasteiger partial charge in [0, 0.05) is 0 Å². The predicted molar refractivity (Wildman–Crippen MR) is 25.5 cm³/mol. The summed E-state index contributed by atoms with van der Waals surface area (Å²) in [6.07, 6.45) is 3.43. The molecule has 1 aliphatic rings. The van der Waals surface area contributed by atoms with Crippen LogP contribution < -0.4 is 0 Å². The number of sulfonamides is 1. The van der Waals surface area contributed by atoms with E-state index >= 15 is 0 Å². The van der Waals surface area contributed by atoms with Crippen LogP contribution in [0.25, 0.3) is 0 Å². The summed E-state index contributed by atoms with van der Waals surface area (Å²) in [4.78, 5) is 0. The molecule has 37 valence electrons. The van der Waals surface area contributed by atoms with Gasteiger partial charge in [-0.2, -0.15) is 12.8 Å². The highest BCUT2D eigenvalue weighted by atomic mass is 32.2. The topological polar surface area (TPSA) is 46.5 Å². The molecule has 7 heavy (non-hydrogen) atoms. The van der Waals surface area contributed by atoms with Crippen LogP contribution in [0, 0.1) is 0 Å². The molecule has 0 aromatic heterocycles. The number of allylic oxidation sites excluding steroid dienone is 1. The van der Waals surface area contributed by atoms with Crippen LogP contribution in [0.4, 0.5) is 0 Å². The van der Waals surface area contributed by atoms with Crippen LogP contribution in [0.15, 0.2) is 15.9 Å². The Labute approximate surface area is 41.4 Å². The van der Waals surface area contributed by atoms with Crippen molar-refractivity contribution in [2.45, 2.75) is 0 Å². The Morgan fingerprint density at radius 2 is 2.29 bits per heavy atom. The van der Waals surface area contributed by atoms with Gasteiger partial charge < -0.3 is 0 Å². The molecule has 1 aliphatic heterocycles. The van der Waals surface area contributed by atoms with E-state index in [1.54, 1.807) is 0 Å². The minimum Gasteiger partial charge on any atom is -0.200 e. The zero-order chi connectivity index (χ0) is 5.33. The maximum absolute atomic E-state index is 10.1. The molecule has 0 aromatic carbocycles. The van der Waals surface area contributed by atoms with Crippen molar-refractivity contribution in [3.05, 3.63) is 11.5 Å². The number of hydrogen-bond donors (Lipinski definition) is 0. The first-order valence-electron chi connectivity index (χ1n) is 1.60. The lowest BCUT2D eigenvalue weighted by atomic mass is 10.7. The third-order valence-corrected chi connectivity index (χ3v) is 1.33. The Morgan fingerprint density at radius 1 is 1.57 bits per heavy atom. The molecule has 1 radical (unpaired) electrons. The Kier molecular flexibility index (Phi) is 0.751. The van der Waals surface area contributed by atoms with Gasteiger partial charge in [-0.05, 0) is 6.08 Å². The standard InChI is InChI=1S/C3H2NO2S/c5-7(6)3-1-2-4-7/h1,3H. The highest BCUT2D eigenvalue weighted by molar-refractivity contribution is 7.93. The van der Waals surface area contributed by atoms with E-state index in [0.717, 1.165) is 5.41 Å². The van der Waals surface area contributed by atoms with Crippen LogP contribution in [-0.4, -0.2) is 14.6 Å². The van der Waals surface area contributed by atoms with Gasteiger partial charge >= 0.3 is 0 Å². The second kappa shape index (κ2) is 1.16. The van der Waals surface area contributed by atoms with Gasteiger partial charge in [0.15, 0.2) is 0 Å². The first-order chi connectivity index (χ1) is 3.21. The van der Waals surface area contributed by atoms with Crippen LogP contribution in [0.1, 0.15) is 0 Å². The lowest BCUT2D eigenvalue weighted by molar-refractivity contribution is 0.607. The van der Waals surface area contributed by atoms with Gasteiger partial charge in [0.05, 0.1) is 5.41 Å². The van der Waals surface area contributed by atoms with Crippen molar-refractivity contribution in [2.75, 3.05) is 0 Å². The molecule has 4 heteroatoms. The molecule has 0 N–H and O–H groups in total. The molecule has 3 nitrogen and oxygen atoms in total. The van der Waals surface area contributed by atoms with E-state index in [1.807, 2.05) is 0 Å². The van der Waals surface area contributed by atoms with Crippen LogP contribution in [0.5, 0.6) is 0 Å². The van der Waals surface area contributed by atoms with E-state index in [-0.39, 0.29) is 0 Å². The van der Waals surface area contributed by atoms with Crippen molar-refractivity contribution >= 4 is 16.2 Å². The molecule has 0 unspecified atom stereocenters. The SMILES string of the molecule is O=S1(=O)C=C[C]=N1. The van der Waals surface area contributed by atoms with Crippen molar-refractivity contribution in [3.8, 4) is 0 Å². The molecule has 1 rings (SSSR count). The fourth-order valence-electron chi connectivity index (χ4n) is 0.251. The van der Waals surface area contributed by atoms with Crippen molar-refractivity contribution in [1.82, 2.24) is 0 Å². The Bertz CT molecular complexity index is 193. The summed E-state index contributed by atoms with van der Waals surface area (Å²) in [7, 11) is -3.21. The minimum atomic E-state index is -3.21. The molecule has 0 spiro atoms. The molecule has 0 amide bonds. The van der Waals surface area contributed by atoms with E-state index in [1.165, 1.54) is 6.08 Å². The van der Waals surface area contributed by atoms with Gasteiger partial charge in [0.25, 0.3) is 10.0 Å². The maximum Gasteiger partial charge on any atom is 0.276 e. The second-order valence-electron chi connectivity index (χ2n) is 1.04. The molecule has 0 atom stereocenters. The smallest absolute Gasteiger partial charge is 0.200 e. The van der Waals surface area contributed by atoms with Gasteiger partial charge in [0.1, 0.15) is 6.21 Å². The fourth-order valence-corrected chi connectivity index (χ4v) is 0.752. The molecule has 0 aliphatic carbocycles. The van der Waals surface area contributed by atoms with Crippen LogP contribution in [0.2, 0.25) is 0 Å². The summed E-state index contributed by atoms with van der Waals surface area (Å²) < 4.78 is 23.2. The van der Waals surface area contributed by atoms with Gasteiger partial charge in [-0.1, -0.05) is 0 Å². The lowest BCUT2D eigenvalue weighted by Crippen LogP contribution is -1.80. The number of hydrogen-bond acceptors (Lipinski definition) is 2. The summed E-state index contributed by atoms with van der Waals surface area (Å²) in [5.74, 6) is 0. The predicted octanol–water partition coefficient (Wildman–Crippen LogP) is -0.209. The van der Waals surface area contributed by atoms with Gasteiger partial charge in [0.2, 0.25) is 0 Å². The molecular weight excluding hydrogens is 114 g/mol. The molecule has 0 saturated carbocycles. The molecule has 0 saturated heterocycles. The zero-order valence-electron chi connectivity index (χ0n) is 3.33. The highest BCUT2D eigenvalue weighted by Crippen LogP contribution is 1.97. The summed E-state index contributed by atoms with van der Waals surface area (Å²) >= 11 is 0. The van der Waals surface area contributed by atoms with E-state index in [9.17, 15) is 8.42 Å². The van der Waals surface area contributed by atoms with Crippen LogP contribution in [0.3, 0.4) is 0 Å². The Morgan fingerprint density at radius 3 is 2.43 bits per heavy atom. The highest BCUT2D eigenvalue weighted by Gasteiger charge is 2.02. The van der Waals surface area contributed by atoms with E-state index < -0.39 is 10.0 Å². The Hall–Kier alpha value is -0.640. The van der Waals surface area contributed by atoms with Crippen molar-refractivity contribution in [1.29, 1.82) is 0 Å². The second-order valence-corrected chi connectivity index (χ2v) is 2.52. The van der Waals surface area contributed by atoms with E-state index in [2.05, 4.69) is 10.6 Å². The summed E-state index contributed by atoms with van der Waals surface area (Å²) in [5, 5.41) is 0.993. The van der Waals surface area contributed by atoms with Crippen molar-refractivity contribution in [2.24, 2.45) is 4.40 Å². The zero-order valence-corrected chi connectivity index (χ0v) is 4.14. The fraction of sp³-hybridized carbons (Fsp3) is 0. The quantitative estimate of drug-likeness (QED) is 0.439. The van der Waals surface area contributed by atoms with E-state index in [4.69, 9.17) is 0 Å². The minimum absolute atomic E-state index is 0.993. The first kappa shape index (κ1) is 4.52. The number of rotatable bonds is 0. The summed E-state index contributed by atoms with van der Waals surface area (Å²) in [6, 6.07) is 0. The van der Waals surface area contributed by atoms with Crippen molar-refractivity contribution < 1.29 is 8.42 Å². The van der Waals surface area contributed by atoms with Crippen LogP contribution >= 0.6 is 0 Å². The Balaban J connectivity index is 3.25. The third-order valence-electron chi connectivity index (χ3n) is 0.494. The summed E-state index contributed by atoms with van der Waals surface area (Å²) in [5.41, 5.74) is 0. The lowest BCUT2D eigenvalue weighted by Gasteiger charge is -1.72. The van der Waals surface area contributed by atoms with Gasteiger partial charge in [-0.15, -0.1) is 0 Å². The average molecular weight is 116 g/mol. The number of nitrogens with zero attached hydrogens (tertiary/aromatic N) is 1. The van der Waals surface area contributed by atoms with E-state index in [0.29, 0.717) is 0 Å². The third kappa shape index (κ3) is 0.866. The van der Waals surface area contributed by atoms with Gasteiger partial charge in [-0.3, -0.25) is 0 Å². The normalized spacial score (nSPS) is 23.4. The molecule has 0 bridgehead atoms. The largest absolute Gasteiger partial charge is 0.276 e. The first-order valence-corrected chi connectivity index (χ1v) is 3.10.